The smallest absolute Gasteiger partial charge is 0.171 e. The molecule has 2 aromatic rings. The minimum absolute atomic E-state index is 0.305. The van der Waals surface area contributed by atoms with Crippen LogP contribution in [0, 0.1) is 11.3 Å². The van der Waals surface area contributed by atoms with Crippen LogP contribution in [0.1, 0.15) is 5.56 Å². The van der Waals surface area contributed by atoms with Crippen molar-refractivity contribution in [1.29, 1.82) is 5.26 Å². The van der Waals surface area contributed by atoms with Crippen molar-refractivity contribution in [2.24, 2.45) is 0 Å². The van der Waals surface area contributed by atoms with E-state index >= 15 is 0 Å². The van der Waals surface area contributed by atoms with Gasteiger partial charge in [0.15, 0.2) is 11.6 Å². The molecular formula is C12H14N8. The van der Waals surface area contributed by atoms with Gasteiger partial charge in [0.2, 0.25) is 0 Å². The van der Waals surface area contributed by atoms with E-state index in [1.165, 1.54) is 11.0 Å². The van der Waals surface area contributed by atoms with Crippen LogP contribution in [0.5, 0.6) is 0 Å². The lowest BCUT2D eigenvalue weighted by Gasteiger charge is -2.27. The molecule has 0 amide bonds. The summed E-state index contributed by atoms with van der Waals surface area (Å²) in [5.74, 6) is 1.47. The Hall–Kier alpha value is -2.66. The molecule has 0 radical (unpaired) electrons. The molecule has 3 heterocycles. The van der Waals surface area contributed by atoms with Crippen LogP contribution in [0.3, 0.4) is 0 Å². The number of nitrogens with zero attached hydrogens (tertiary/aromatic N) is 6. The second-order valence-electron chi connectivity index (χ2n) is 4.41. The Labute approximate surface area is 115 Å². The van der Waals surface area contributed by atoms with Crippen molar-refractivity contribution in [1.82, 2.24) is 25.1 Å². The van der Waals surface area contributed by atoms with Crippen LogP contribution in [-0.2, 0) is 0 Å². The summed E-state index contributed by atoms with van der Waals surface area (Å²) in [6, 6.07) is 3.84. The fourth-order valence-electron chi connectivity index (χ4n) is 2.21. The zero-order valence-electron chi connectivity index (χ0n) is 10.8. The van der Waals surface area contributed by atoms with Crippen molar-refractivity contribution in [2.45, 2.75) is 0 Å². The molecular weight excluding hydrogens is 256 g/mol. The van der Waals surface area contributed by atoms with Gasteiger partial charge in [-0.25, -0.2) is 9.97 Å². The van der Waals surface area contributed by atoms with Gasteiger partial charge in [-0.15, -0.1) is 5.10 Å². The number of hydrogen-bond acceptors (Lipinski definition) is 7. The van der Waals surface area contributed by atoms with Crippen LogP contribution >= 0.6 is 0 Å². The van der Waals surface area contributed by atoms with Crippen LogP contribution < -0.4 is 16.0 Å². The number of nitrogen functional groups attached to an aromatic ring is 1. The van der Waals surface area contributed by atoms with Gasteiger partial charge in [-0.2, -0.15) is 9.94 Å². The van der Waals surface area contributed by atoms with E-state index in [2.05, 4.69) is 31.4 Å². The van der Waals surface area contributed by atoms with Crippen LogP contribution in [0.15, 0.2) is 18.6 Å². The third-order valence-corrected chi connectivity index (χ3v) is 3.21. The van der Waals surface area contributed by atoms with E-state index < -0.39 is 0 Å². The topological polar surface area (TPSA) is 109 Å². The quantitative estimate of drug-likeness (QED) is 0.759. The fourth-order valence-corrected chi connectivity index (χ4v) is 2.21. The highest BCUT2D eigenvalue weighted by molar-refractivity contribution is 5.66. The first kappa shape index (κ1) is 12.4. The van der Waals surface area contributed by atoms with Crippen molar-refractivity contribution in [2.75, 3.05) is 36.8 Å². The standard InChI is InChI=1S/C12H14N8/c13-7-9-11(14)20(10-1-2-16-8-17-10)18-12(9)19-5-3-15-4-6-19/h1-2,8,15H,3-6,14H2. The lowest BCUT2D eigenvalue weighted by Crippen LogP contribution is -2.44. The molecule has 1 fully saturated rings. The molecule has 0 atom stereocenters. The predicted octanol–water partition coefficient (Wildman–Crippen LogP) is -0.474. The molecule has 0 saturated carbocycles. The highest BCUT2D eigenvalue weighted by Crippen LogP contribution is 2.26. The fraction of sp³-hybridized carbons (Fsp3) is 0.333. The lowest BCUT2D eigenvalue weighted by molar-refractivity contribution is 0.582. The number of nitriles is 1. The predicted molar refractivity (Wildman–Crippen MR) is 73.4 cm³/mol. The number of nitrogens with one attached hydrogen (secondary N) is 1. The summed E-state index contributed by atoms with van der Waals surface area (Å²) in [6.45, 7) is 3.33. The Bertz CT molecular complexity index is 635. The summed E-state index contributed by atoms with van der Waals surface area (Å²) in [7, 11) is 0. The molecule has 3 rings (SSSR count). The number of nitrogens with two attached hydrogens (primary N) is 1. The van der Waals surface area contributed by atoms with E-state index in [0.29, 0.717) is 23.0 Å². The highest BCUT2D eigenvalue weighted by atomic mass is 15.4. The summed E-state index contributed by atoms with van der Waals surface area (Å²) >= 11 is 0. The first-order valence-electron chi connectivity index (χ1n) is 6.32. The molecule has 1 saturated heterocycles. The molecule has 0 unspecified atom stereocenters. The van der Waals surface area contributed by atoms with Gasteiger partial charge >= 0.3 is 0 Å². The summed E-state index contributed by atoms with van der Waals surface area (Å²) < 4.78 is 1.48. The molecule has 8 nitrogen and oxygen atoms in total. The second-order valence-corrected chi connectivity index (χ2v) is 4.41. The number of anilines is 2. The van der Waals surface area contributed by atoms with Gasteiger partial charge in [0.25, 0.3) is 0 Å². The Morgan fingerprint density at radius 3 is 2.80 bits per heavy atom. The Morgan fingerprint density at radius 1 is 1.35 bits per heavy atom. The summed E-state index contributed by atoms with van der Waals surface area (Å²) in [5.41, 5.74) is 6.42. The summed E-state index contributed by atoms with van der Waals surface area (Å²) in [5, 5.41) is 17.0. The van der Waals surface area contributed by atoms with Crippen molar-refractivity contribution in [3.05, 3.63) is 24.2 Å². The van der Waals surface area contributed by atoms with E-state index in [0.717, 1.165) is 26.2 Å². The third-order valence-electron chi connectivity index (χ3n) is 3.21. The zero-order chi connectivity index (χ0) is 13.9. The van der Waals surface area contributed by atoms with Crippen molar-refractivity contribution in [3.63, 3.8) is 0 Å². The Kier molecular flexibility index (Phi) is 3.18. The number of hydrogen-bond donors (Lipinski definition) is 2. The number of aromatic nitrogens is 4. The zero-order valence-corrected chi connectivity index (χ0v) is 10.8. The van der Waals surface area contributed by atoms with E-state index in [1.807, 2.05) is 0 Å². The number of rotatable bonds is 2. The SMILES string of the molecule is N#Cc1c(N2CCNCC2)nn(-c2ccncn2)c1N. The molecule has 0 spiro atoms. The van der Waals surface area contributed by atoms with E-state index in [9.17, 15) is 5.26 Å². The van der Waals surface area contributed by atoms with Crippen molar-refractivity contribution >= 4 is 11.6 Å². The summed E-state index contributed by atoms with van der Waals surface area (Å²) in [4.78, 5) is 10.0. The summed E-state index contributed by atoms with van der Waals surface area (Å²) in [6.07, 6.45) is 3.03. The van der Waals surface area contributed by atoms with Gasteiger partial charge in [0, 0.05) is 38.4 Å². The molecule has 3 N–H and O–H groups in total. The maximum absolute atomic E-state index is 9.33. The maximum Gasteiger partial charge on any atom is 0.171 e. The van der Waals surface area contributed by atoms with Gasteiger partial charge in [-0.1, -0.05) is 0 Å². The largest absolute Gasteiger partial charge is 0.382 e. The minimum Gasteiger partial charge on any atom is -0.382 e. The first-order chi connectivity index (χ1) is 9.81. The van der Waals surface area contributed by atoms with Crippen molar-refractivity contribution < 1.29 is 0 Å². The van der Waals surface area contributed by atoms with E-state index in [4.69, 9.17) is 5.73 Å². The third kappa shape index (κ3) is 2.04. The van der Waals surface area contributed by atoms with Gasteiger partial charge in [0.05, 0.1) is 0 Å². The number of piperazine rings is 1. The lowest BCUT2D eigenvalue weighted by atomic mass is 10.2. The van der Waals surface area contributed by atoms with E-state index in [1.54, 1.807) is 12.3 Å². The monoisotopic (exact) mass is 270 g/mol. The van der Waals surface area contributed by atoms with Crippen LogP contribution in [0.4, 0.5) is 11.6 Å². The molecule has 0 aliphatic carbocycles. The van der Waals surface area contributed by atoms with Gasteiger partial charge in [0.1, 0.15) is 23.8 Å². The molecule has 1 aliphatic heterocycles. The van der Waals surface area contributed by atoms with Gasteiger partial charge in [-0.05, 0) is 0 Å². The molecule has 1 aliphatic rings. The normalized spacial score (nSPS) is 15.1. The van der Waals surface area contributed by atoms with Gasteiger partial charge in [-0.3, -0.25) is 0 Å². The highest BCUT2D eigenvalue weighted by Gasteiger charge is 2.23. The molecule has 8 heteroatoms. The molecule has 0 aromatic carbocycles. The Morgan fingerprint density at radius 2 is 2.15 bits per heavy atom. The average molecular weight is 270 g/mol. The molecule has 102 valence electrons. The maximum atomic E-state index is 9.33. The Balaban J connectivity index is 2.05. The van der Waals surface area contributed by atoms with Gasteiger partial charge < -0.3 is 16.0 Å². The van der Waals surface area contributed by atoms with Crippen LogP contribution in [-0.4, -0.2) is 45.9 Å². The average Bonchev–Trinajstić information content (AvgIpc) is 2.86. The van der Waals surface area contributed by atoms with Crippen molar-refractivity contribution in [3.8, 4) is 11.9 Å². The van der Waals surface area contributed by atoms with Crippen LogP contribution in [0.25, 0.3) is 5.82 Å². The first-order valence-corrected chi connectivity index (χ1v) is 6.32. The molecule has 2 aromatic heterocycles. The second kappa shape index (κ2) is 5.14. The molecule has 20 heavy (non-hydrogen) atoms. The van der Waals surface area contributed by atoms with E-state index in [-0.39, 0.29) is 0 Å². The molecule has 0 bridgehead atoms. The van der Waals surface area contributed by atoms with Crippen LogP contribution in [0.2, 0.25) is 0 Å². The minimum atomic E-state index is 0.305.